The number of hydrogen-bond acceptors (Lipinski definition) is 13. The van der Waals surface area contributed by atoms with Crippen LogP contribution in [-0.4, -0.2) is 99.0 Å². The minimum absolute atomic E-state index is 0.139. The summed E-state index contributed by atoms with van der Waals surface area (Å²) in [6.45, 7) is 4.32. The molecule has 5 rings (SSSR count). The van der Waals surface area contributed by atoms with Gasteiger partial charge in [0.15, 0.2) is 22.8 Å². The molecule has 1 aromatic carbocycles. The van der Waals surface area contributed by atoms with E-state index in [1.807, 2.05) is 47.8 Å². The topological polar surface area (TPSA) is 161 Å². The normalized spacial score (nSPS) is 14.0. The molecule has 0 amide bonds. The van der Waals surface area contributed by atoms with Gasteiger partial charge in [0, 0.05) is 64.8 Å². The number of anilines is 2. The third-order valence-corrected chi connectivity index (χ3v) is 6.93. The number of carbonyl (C=O) groups is 1. The lowest BCUT2D eigenvalue weighted by atomic mass is 10.2. The first-order chi connectivity index (χ1) is 19.4. The Hall–Kier alpha value is -4.40. The molecule has 40 heavy (non-hydrogen) atoms. The number of aryl methyl sites for hydroxylation is 1. The van der Waals surface area contributed by atoms with E-state index in [-0.39, 0.29) is 12.2 Å². The number of β-amino-alcohol motifs (C(OH)–C–C–N with tert-alkyl or cyclic N) is 1. The number of aromatic nitrogens is 6. The first-order valence-corrected chi connectivity index (χ1v) is 12.8. The Balaban J connectivity index is 1.50. The van der Waals surface area contributed by atoms with Crippen molar-refractivity contribution in [2.24, 2.45) is 12.9 Å². The minimum atomic E-state index is -0.708. The van der Waals surface area contributed by atoms with Crippen molar-refractivity contribution in [1.29, 1.82) is 0 Å². The number of hydrogen-bond donors (Lipinski definition) is 2. The van der Waals surface area contributed by atoms with Crippen LogP contribution < -0.4 is 20.4 Å². The molecule has 1 saturated heterocycles. The fourth-order valence-electron chi connectivity index (χ4n) is 4.62. The van der Waals surface area contributed by atoms with Crippen molar-refractivity contribution in [3.63, 3.8) is 0 Å². The second-order valence-electron chi connectivity index (χ2n) is 9.44. The molecule has 14 heteroatoms. The zero-order chi connectivity index (χ0) is 28.2. The van der Waals surface area contributed by atoms with E-state index in [0.717, 1.165) is 49.1 Å². The third-order valence-electron chi connectivity index (χ3n) is 6.93. The molecule has 0 radical (unpaired) electrons. The van der Waals surface area contributed by atoms with Crippen LogP contribution >= 0.6 is 0 Å². The lowest BCUT2D eigenvalue weighted by molar-refractivity contribution is 0.0502. The van der Waals surface area contributed by atoms with Crippen molar-refractivity contribution in [3.8, 4) is 17.1 Å². The summed E-state index contributed by atoms with van der Waals surface area (Å²) in [4.78, 5) is 45.5. The van der Waals surface area contributed by atoms with Crippen molar-refractivity contribution < 1.29 is 19.5 Å². The second kappa shape index (κ2) is 11.8. The first-order valence-electron chi connectivity index (χ1n) is 12.8. The minimum Gasteiger partial charge on any atom is -0.497 e. The highest BCUT2D eigenvalue weighted by Gasteiger charge is 2.25. The third kappa shape index (κ3) is 5.50. The van der Waals surface area contributed by atoms with Crippen LogP contribution in [0.4, 0.5) is 11.8 Å². The lowest BCUT2D eigenvalue weighted by Crippen LogP contribution is -2.47. The van der Waals surface area contributed by atoms with Crippen molar-refractivity contribution >= 4 is 28.9 Å². The van der Waals surface area contributed by atoms with Crippen molar-refractivity contribution in [2.75, 3.05) is 63.3 Å². The van der Waals surface area contributed by atoms with Crippen molar-refractivity contribution in [3.05, 3.63) is 48.0 Å². The molecule has 0 spiro atoms. The summed E-state index contributed by atoms with van der Waals surface area (Å²) in [5, 5.41) is 9.34. The highest BCUT2D eigenvalue weighted by Crippen LogP contribution is 2.29. The van der Waals surface area contributed by atoms with E-state index in [1.165, 1.54) is 12.4 Å². The molecule has 1 fully saturated rings. The highest BCUT2D eigenvalue weighted by molar-refractivity contribution is 5.88. The van der Waals surface area contributed by atoms with Crippen LogP contribution in [0.2, 0.25) is 0 Å². The van der Waals surface area contributed by atoms with E-state index in [1.54, 1.807) is 7.11 Å². The molecule has 3 N–H and O–H groups in total. The zero-order valence-electron chi connectivity index (χ0n) is 22.7. The molecule has 1 aliphatic heterocycles. The first kappa shape index (κ1) is 27.2. The summed E-state index contributed by atoms with van der Waals surface area (Å²) < 4.78 is 7.27. The molecule has 0 unspecified atom stereocenters. The Morgan fingerprint density at radius 3 is 2.40 bits per heavy atom. The number of aliphatic hydroxyl groups excluding tert-OH is 1. The van der Waals surface area contributed by atoms with Crippen LogP contribution in [0.1, 0.15) is 16.2 Å². The Bertz CT molecular complexity index is 1470. The zero-order valence-corrected chi connectivity index (χ0v) is 22.7. The summed E-state index contributed by atoms with van der Waals surface area (Å²) in [7, 11) is 5.40. The van der Waals surface area contributed by atoms with E-state index in [0.29, 0.717) is 36.0 Å². The second-order valence-corrected chi connectivity index (χ2v) is 9.44. The number of benzene rings is 1. The van der Waals surface area contributed by atoms with E-state index in [9.17, 15) is 9.90 Å². The van der Waals surface area contributed by atoms with Gasteiger partial charge in [0.25, 0.3) is 0 Å². The number of aliphatic hydroxyl groups is 1. The number of imidazole rings is 1. The lowest BCUT2D eigenvalue weighted by Gasteiger charge is -2.35. The molecule has 14 nitrogen and oxygen atoms in total. The Morgan fingerprint density at radius 2 is 1.77 bits per heavy atom. The summed E-state index contributed by atoms with van der Waals surface area (Å²) in [6, 6.07) is 7.65. The highest BCUT2D eigenvalue weighted by atomic mass is 16.7. The average Bonchev–Trinajstić information content (AvgIpc) is 3.31. The van der Waals surface area contributed by atoms with Gasteiger partial charge in [0.2, 0.25) is 5.95 Å². The van der Waals surface area contributed by atoms with Gasteiger partial charge in [-0.05, 0) is 24.3 Å². The molecule has 0 atom stereocenters. The van der Waals surface area contributed by atoms with Gasteiger partial charge < -0.3 is 29.0 Å². The molecule has 0 saturated carbocycles. The van der Waals surface area contributed by atoms with Gasteiger partial charge in [-0.2, -0.15) is 5.90 Å². The predicted molar refractivity (Wildman–Crippen MR) is 148 cm³/mol. The summed E-state index contributed by atoms with van der Waals surface area (Å²) in [5.41, 5.74) is 2.44. The molecule has 0 aliphatic carbocycles. The number of rotatable bonds is 9. The van der Waals surface area contributed by atoms with Gasteiger partial charge in [0.1, 0.15) is 11.6 Å². The van der Waals surface area contributed by atoms with Crippen LogP contribution in [0.3, 0.4) is 0 Å². The Kier molecular flexibility index (Phi) is 8.00. The van der Waals surface area contributed by atoms with Crippen LogP contribution in [0.25, 0.3) is 22.6 Å². The van der Waals surface area contributed by atoms with Crippen LogP contribution in [0, 0.1) is 0 Å². The smallest absolute Gasteiger partial charge is 0.359 e. The average molecular weight is 549 g/mol. The molecule has 4 heterocycles. The quantitative estimate of drug-likeness (QED) is 0.280. The maximum absolute atomic E-state index is 11.6. The summed E-state index contributed by atoms with van der Waals surface area (Å²) in [5.74, 6) is 7.51. The molecular formula is C26H32N10O4. The monoisotopic (exact) mass is 548 g/mol. The summed E-state index contributed by atoms with van der Waals surface area (Å²) >= 11 is 0. The van der Waals surface area contributed by atoms with Gasteiger partial charge >= 0.3 is 5.97 Å². The number of nitrogens with two attached hydrogens (primary N) is 1. The van der Waals surface area contributed by atoms with Crippen molar-refractivity contribution in [1.82, 2.24) is 34.4 Å². The number of fused-ring (bicyclic) bond motifs is 1. The number of nitrogens with zero attached hydrogens (tertiary/aromatic N) is 9. The van der Waals surface area contributed by atoms with Gasteiger partial charge in [-0.1, -0.05) is 0 Å². The Morgan fingerprint density at radius 1 is 1.07 bits per heavy atom. The van der Waals surface area contributed by atoms with E-state index < -0.39 is 5.97 Å². The van der Waals surface area contributed by atoms with Gasteiger partial charge in [-0.3, -0.25) is 4.90 Å². The number of ether oxygens (including phenoxy) is 1. The predicted octanol–water partition coefficient (Wildman–Crippen LogP) is 0.610. The van der Waals surface area contributed by atoms with Crippen LogP contribution in [0.15, 0.2) is 36.7 Å². The number of carbonyl (C=O) groups excluding carboxylic acids is 1. The standard InChI is InChI=1S/C26H32N10O4/c1-33(26-28-14-18(15-29-26)25(38)40-27)16-20-30-21-23(34(20)2)31-22(17-4-6-19(39-3)7-5-17)32-24(21)36-10-8-35(9-11-36)12-13-37/h4-7,14-15,37H,8-13,16,27H2,1-3H3. The van der Waals surface area contributed by atoms with Gasteiger partial charge in [-0.15, -0.1) is 0 Å². The molecule has 1 aliphatic rings. The van der Waals surface area contributed by atoms with Crippen LogP contribution in [-0.2, 0) is 18.4 Å². The fourth-order valence-corrected chi connectivity index (χ4v) is 4.62. The van der Waals surface area contributed by atoms with Gasteiger partial charge in [-0.25, -0.2) is 29.7 Å². The van der Waals surface area contributed by atoms with Crippen LogP contribution in [0.5, 0.6) is 5.75 Å². The van der Waals surface area contributed by atoms with E-state index >= 15 is 0 Å². The fraction of sp³-hybridized carbons (Fsp3) is 0.385. The molecule has 3 aromatic heterocycles. The number of methoxy groups -OCH3 is 1. The number of piperazine rings is 1. The largest absolute Gasteiger partial charge is 0.497 e. The molecule has 210 valence electrons. The maximum atomic E-state index is 11.6. The van der Waals surface area contributed by atoms with E-state index in [2.05, 4.69) is 24.6 Å². The molecule has 4 aromatic rings. The molecule has 0 bridgehead atoms. The Labute approximate surface area is 231 Å². The SMILES string of the molecule is COc1ccc(-c2nc(N3CCN(CCO)CC3)c3nc(CN(C)c4ncc(C(=O)ON)cn4)n(C)c3n2)cc1. The molecular weight excluding hydrogens is 516 g/mol. The van der Waals surface area contributed by atoms with Crippen molar-refractivity contribution in [2.45, 2.75) is 6.54 Å². The maximum Gasteiger partial charge on any atom is 0.359 e. The van der Waals surface area contributed by atoms with Gasteiger partial charge in [0.05, 0.1) is 25.8 Å². The van der Waals surface area contributed by atoms with E-state index in [4.69, 9.17) is 25.6 Å². The summed E-state index contributed by atoms with van der Waals surface area (Å²) in [6.07, 6.45) is 2.73.